The fourth-order valence-electron chi connectivity index (χ4n) is 3.45. The van der Waals surface area contributed by atoms with Crippen molar-refractivity contribution in [2.45, 2.75) is 18.7 Å². The van der Waals surface area contributed by atoms with E-state index in [4.69, 9.17) is 4.98 Å². The zero-order chi connectivity index (χ0) is 21.6. The van der Waals surface area contributed by atoms with E-state index in [-0.39, 0.29) is 10.7 Å². The first-order chi connectivity index (χ1) is 14.9. The summed E-state index contributed by atoms with van der Waals surface area (Å²) in [6.07, 6.45) is 3.77. The van der Waals surface area contributed by atoms with Gasteiger partial charge >= 0.3 is 5.82 Å². The van der Waals surface area contributed by atoms with Crippen LogP contribution in [0.15, 0.2) is 65.8 Å². The third kappa shape index (κ3) is 3.60. The smallest absolute Gasteiger partial charge is 0.256 e. The highest BCUT2D eigenvalue weighted by Crippen LogP contribution is 2.25. The fourth-order valence-corrected chi connectivity index (χ4v) is 5.22. The molecular weight excluding hydrogens is 432 g/mol. The van der Waals surface area contributed by atoms with Crippen LogP contribution in [0.5, 0.6) is 0 Å². The number of fused-ring (bicyclic) bond motifs is 2. The van der Waals surface area contributed by atoms with Gasteiger partial charge in [-0.2, -0.15) is 13.3 Å². The number of benzene rings is 2. The SMILES string of the molecule is Cc1cc(C)c[n+](-c2nc3ccccc3nc2NS(=O)(=O)c2cccc3nsnc23)c1. The molecule has 154 valence electrons. The van der Waals surface area contributed by atoms with E-state index in [1.807, 2.05) is 50.5 Å². The average Bonchev–Trinajstić information content (AvgIpc) is 3.21. The van der Waals surface area contributed by atoms with E-state index in [2.05, 4.69) is 18.5 Å². The van der Waals surface area contributed by atoms with Crippen LogP contribution >= 0.6 is 11.7 Å². The number of rotatable bonds is 4. The molecule has 0 saturated heterocycles. The number of aryl methyl sites for hydroxylation is 2. The van der Waals surface area contributed by atoms with Gasteiger partial charge in [-0.15, -0.1) is 0 Å². The third-order valence-electron chi connectivity index (χ3n) is 4.71. The molecule has 8 nitrogen and oxygen atoms in total. The van der Waals surface area contributed by atoms with Crippen molar-refractivity contribution >= 4 is 49.6 Å². The zero-order valence-electron chi connectivity index (χ0n) is 16.6. The summed E-state index contributed by atoms with van der Waals surface area (Å²) in [5.41, 5.74) is 4.14. The Morgan fingerprint density at radius 1 is 0.871 bits per heavy atom. The number of anilines is 1. The maximum absolute atomic E-state index is 13.3. The summed E-state index contributed by atoms with van der Waals surface area (Å²) in [6, 6.07) is 14.2. The first-order valence-electron chi connectivity index (χ1n) is 9.41. The standard InChI is InChI=1S/C21H17N6O2S2/c1-13-10-14(2)12-27(11-13)21-20(22-15-6-3-4-7-16(15)23-21)26-31(28,29)18-9-5-8-17-19(18)25-30-24-17/h3-12H,1-2H3,(H,22,26)/q+1. The molecule has 5 rings (SSSR count). The maximum atomic E-state index is 13.3. The van der Waals surface area contributed by atoms with Crippen molar-refractivity contribution < 1.29 is 13.0 Å². The van der Waals surface area contributed by atoms with Gasteiger partial charge in [0.25, 0.3) is 10.0 Å². The number of nitrogens with one attached hydrogen (secondary N) is 1. The highest BCUT2D eigenvalue weighted by Gasteiger charge is 2.27. The highest BCUT2D eigenvalue weighted by molar-refractivity contribution is 7.93. The lowest BCUT2D eigenvalue weighted by Crippen LogP contribution is -2.34. The van der Waals surface area contributed by atoms with Crippen molar-refractivity contribution in [3.8, 4) is 5.82 Å². The summed E-state index contributed by atoms with van der Waals surface area (Å²) < 4.78 is 39.3. The number of para-hydroxylation sites is 2. The van der Waals surface area contributed by atoms with Crippen LogP contribution in [0.4, 0.5) is 5.82 Å². The summed E-state index contributed by atoms with van der Waals surface area (Å²) >= 11 is 0.970. The van der Waals surface area contributed by atoms with Gasteiger partial charge in [-0.1, -0.05) is 18.2 Å². The number of aromatic nitrogens is 5. The average molecular weight is 450 g/mol. The molecule has 3 aromatic heterocycles. The van der Waals surface area contributed by atoms with Crippen LogP contribution in [-0.2, 0) is 10.0 Å². The van der Waals surface area contributed by atoms with Crippen LogP contribution in [0.2, 0.25) is 0 Å². The Bertz CT molecular complexity index is 1540. The van der Waals surface area contributed by atoms with Gasteiger partial charge in [0.15, 0.2) is 0 Å². The van der Waals surface area contributed by atoms with Crippen LogP contribution in [0.1, 0.15) is 11.1 Å². The van der Waals surface area contributed by atoms with Gasteiger partial charge in [-0.05, 0) is 60.3 Å². The predicted octanol–water partition coefficient (Wildman–Crippen LogP) is 3.33. The summed E-state index contributed by atoms with van der Waals surface area (Å²) in [6.45, 7) is 3.94. The van der Waals surface area contributed by atoms with Gasteiger partial charge in [0, 0.05) is 0 Å². The molecule has 1 N–H and O–H groups in total. The van der Waals surface area contributed by atoms with Gasteiger partial charge < -0.3 is 0 Å². The number of nitrogens with zero attached hydrogens (tertiary/aromatic N) is 5. The van der Waals surface area contributed by atoms with Crippen molar-refractivity contribution in [2.24, 2.45) is 0 Å². The van der Waals surface area contributed by atoms with E-state index >= 15 is 0 Å². The van der Waals surface area contributed by atoms with Crippen LogP contribution < -0.4 is 9.29 Å². The molecule has 5 aromatic rings. The fraction of sp³-hybridized carbons (Fsp3) is 0.0952. The van der Waals surface area contributed by atoms with E-state index < -0.39 is 10.0 Å². The van der Waals surface area contributed by atoms with Crippen LogP contribution in [0.25, 0.3) is 27.9 Å². The Morgan fingerprint density at radius 2 is 1.55 bits per heavy atom. The van der Waals surface area contributed by atoms with Crippen molar-refractivity contribution in [2.75, 3.05) is 4.72 Å². The Kier molecular flexibility index (Phi) is 4.60. The lowest BCUT2D eigenvalue weighted by Gasteiger charge is -2.10. The monoisotopic (exact) mass is 449 g/mol. The molecular formula is C21H17N6O2S2+. The minimum Gasteiger partial charge on any atom is -0.256 e. The van der Waals surface area contributed by atoms with Crippen molar-refractivity contribution in [3.05, 3.63) is 72.1 Å². The molecule has 0 atom stereocenters. The molecule has 0 unspecified atom stereocenters. The molecule has 0 saturated carbocycles. The molecule has 0 aliphatic carbocycles. The first-order valence-corrected chi connectivity index (χ1v) is 11.6. The van der Waals surface area contributed by atoms with E-state index in [0.29, 0.717) is 27.9 Å². The summed E-state index contributed by atoms with van der Waals surface area (Å²) in [5, 5.41) is 0. The summed E-state index contributed by atoms with van der Waals surface area (Å²) in [7, 11) is -3.99. The van der Waals surface area contributed by atoms with E-state index in [0.717, 1.165) is 22.9 Å². The second kappa shape index (κ2) is 7.33. The normalized spacial score (nSPS) is 11.8. The molecule has 2 aromatic carbocycles. The third-order valence-corrected chi connectivity index (χ3v) is 6.62. The molecule has 0 amide bonds. The van der Waals surface area contributed by atoms with E-state index in [1.165, 1.54) is 6.07 Å². The predicted molar refractivity (Wildman–Crippen MR) is 119 cm³/mol. The van der Waals surface area contributed by atoms with Gasteiger partial charge in [0.1, 0.15) is 21.4 Å². The Balaban J connectivity index is 1.71. The topological polar surface area (TPSA) is 102 Å². The second-order valence-corrected chi connectivity index (χ2v) is 9.36. The van der Waals surface area contributed by atoms with Gasteiger partial charge in [-0.3, -0.25) is 4.72 Å². The minimum atomic E-state index is -3.99. The molecule has 0 radical (unpaired) electrons. The molecule has 0 aliphatic heterocycles. The summed E-state index contributed by atoms with van der Waals surface area (Å²) in [4.78, 5) is 9.33. The summed E-state index contributed by atoms with van der Waals surface area (Å²) in [5.74, 6) is 0.520. The van der Waals surface area contributed by atoms with Crippen molar-refractivity contribution in [1.82, 2.24) is 18.7 Å². The van der Waals surface area contributed by atoms with Crippen LogP contribution in [0.3, 0.4) is 0 Å². The number of hydrogen-bond acceptors (Lipinski definition) is 7. The molecule has 0 spiro atoms. The zero-order valence-corrected chi connectivity index (χ0v) is 18.3. The maximum Gasteiger partial charge on any atom is 0.372 e. The first kappa shape index (κ1) is 19.5. The largest absolute Gasteiger partial charge is 0.372 e. The van der Waals surface area contributed by atoms with Gasteiger partial charge in [0.2, 0.25) is 11.3 Å². The van der Waals surface area contributed by atoms with E-state index in [1.54, 1.807) is 22.8 Å². The molecule has 10 heteroatoms. The minimum absolute atomic E-state index is 0.0464. The second-order valence-electron chi connectivity index (χ2n) is 7.18. The Labute approximate surface area is 182 Å². The quantitative estimate of drug-likeness (QED) is 0.422. The van der Waals surface area contributed by atoms with Crippen LogP contribution in [-0.4, -0.2) is 27.1 Å². The van der Waals surface area contributed by atoms with Gasteiger partial charge in [-0.25, -0.2) is 13.4 Å². The Hall–Kier alpha value is -3.50. The Morgan fingerprint density at radius 3 is 2.29 bits per heavy atom. The van der Waals surface area contributed by atoms with Gasteiger partial charge in [0.05, 0.1) is 24.1 Å². The molecule has 0 fully saturated rings. The van der Waals surface area contributed by atoms with Crippen molar-refractivity contribution in [3.63, 3.8) is 0 Å². The van der Waals surface area contributed by atoms with Crippen molar-refractivity contribution in [1.29, 1.82) is 0 Å². The van der Waals surface area contributed by atoms with Crippen LogP contribution in [0, 0.1) is 13.8 Å². The lowest BCUT2D eigenvalue weighted by atomic mass is 10.2. The molecule has 0 aliphatic rings. The molecule has 3 heterocycles. The lowest BCUT2D eigenvalue weighted by molar-refractivity contribution is -0.599. The number of pyridine rings is 1. The molecule has 0 bridgehead atoms. The highest BCUT2D eigenvalue weighted by atomic mass is 32.2. The number of hydrogen-bond donors (Lipinski definition) is 1. The molecule has 31 heavy (non-hydrogen) atoms. The van der Waals surface area contributed by atoms with E-state index in [9.17, 15) is 8.42 Å². The number of sulfonamides is 1.